The maximum atomic E-state index is 4.53. The second-order valence-electron chi connectivity index (χ2n) is 5.36. The molecular weight excluding hydrogens is 258 g/mol. The summed E-state index contributed by atoms with van der Waals surface area (Å²) in [6.07, 6.45) is 3.66. The quantitative estimate of drug-likeness (QED) is 0.788. The zero-order valence-corrected chi connectivity index (χ0v) is 12.4. The van der Waals surface area contributed by atoms with Gasteiger partial charge in [-0.15, -0.1) is 0 Å². The number of benzene rings is 1. The van der Waals surface area contributed by atoms with E-state index in [1.54, 1.807) is 0 Å². The number of nitrogens with zero attached hydrogens (tertiary/aromatic N) is 2. The lowest BCUT2D eigenvalue weighted by molar-refractivity contribution is 0.574. The molecule has 3 rings (SSSR count). The van der Waals surface area contributed by atoms with E-state index in [4.69, 9.17) is 0 Å². The third-order valence-corrected chi connectivity index (χ3v) is 3.71. The highest BCUT2D eigenvalue weighted by atomic mass is 14.9. The van der Waals surface area contributed by atoms with Crippen molar-refractivity contribution in [1.82, 2.24) is 15.3 Å². The van der Waals surface area contributed by atoms with Gasteiger partial charge in [-0.05, 0) is 55.3 Å². The van der Waals surface area contributed by atoms with E-state index in [0.29, 0.717) is 6.04 Å². The minimum Gasteiger partial charge on any atom is -0.306 e. The van der Waals surface area contributed by atoms with Crippen LogP contribution in [0.2, 0.25) is 0 Å². The van der Waals surface area contributed by atoms with Gasteiger partial charge >= 0.3 is 0 Å². The monoisotopic (exact) mass is 277 g/mol. The first-order chi connectivity index (χ1) is 10.2. The van der Waals surface area contributed by atoms with Gasteiger partial charge in [-0.3, -0.25) is 9.97 Å². The van der Waals surface area contributed by atoms with Crippen molar-refractivity contribution in [2.24, 2.45) is 0 Å². The number of hydrogen-bond donors (Lipinski definition) is 1. The number of fused-ring (bicyclic) bond motifs is 1. The molecule has 2 heterocycles. The SMILES string of the molecule is Cc1ccc2cc(CN[C@H](C)c3ccncc3)ccc2n1. The topological polar surface area (TPSA) is 37.8 Å². The number of pyridine rings is 2. The third kappa shape index (κ3) is 3.26. The molecule has 3 heteroatoms. The molecule has 0 fully saturated rings. The van der Waals surface area contributed by atoms with Gasteiger partial charge in [-0.2, -0.15) is 0 Å². The zero-order valence-electron chi connectivity index (χ0n) is 12.4. The van der Waals surface area contributed by atoms with Crippen LogP contribution in [0.4, 0.5) is 0 Å². The van der Waals surface area contributed by atoms with Crippen molar-refractivity contribution < 1.29 is 0 Å². The maximum absolute atomic E-state index is 4.53. The van der Waals surface area contributed by atoms with Crippen LogP contribution in [0.3, 0.4) is 0 Å². The molecule has 0 bridgehead atoms. The van der Waals surface area contributed by atoms with Crippen molar-refractivity contribution in [3.63, 3.8) is 0 Å². The Morgan fingerprint density at radius 3 is 2.67 bits per heavy atom. The van der Waals surface area contributed by atoms with Gasteiger partial charge in [-0.1, -0.05) is 12.1 Å². The van der Waals surface area contributed by atoms with Crippen LogP contribution in [0.5, 0.6) is 0 Å². The molecule has 1 atom stereocenters. The maximum Gasteiger partial charge on any atom is 0.0705 e. The lowest BCUT2D eigenvalue weighted by Gasteiger charge is -2.14. The van der Waals surface area contributed by atoms with Gasteiger partial charge in [0.25, 0.3) is 0 Å². The first-order valence-electron chi connectivity index (χ1n) is 7.22. The molecular formula is C18H19N3. The molecule has 1 aromatic carbocycles. The van der Waals surface area contributed by atoms with Crippen molar-refractivity contribution in [2.75, 3.05) is 0 Å². The summed E-state index contributed by atoms with van der Waals surface area (Å²) >= 11 is 0. The van der Waals surface area contributed by atoms with Crippen LogP contribution in [0.25, 0.3) is 10.9 Å². The van der Waals surface area contributed by atoms with E-state index in [0.717, 1.165) is 17.8 Å². The van der Waals surface area contributed by atoms with Gasteiger partial charge in [0.1, 0.15) is 0 Å². The highest BCUT2D eigenvalue weighted by molar-refractivity contribution is 5.79. The van der Waals surface area contributed by atoms with Crippen LogP contribution >= 0.6 is 0 Å². The molecule has 0 aliphatic carbocycles. The fraction of sp³-hybridized carbons (Fsp3) is 0.222. The number of hydrogen-bond acceptors (Lipinski definition) is 3. The number of aromatic nitrogens is 2. The first kappa shape index (κ1) is 13.7. The van der Waals surface area contributed by atoms with E-state index < -0.39 is 0 Å². The molecule has 3 nitrogen and oxygen atoms in total. The van der Waals surface area contributed by atoms with Crippen molar-refractivity contribution in [3.05, 3.63) is 71.7 Å². The molecule has 3 aromatic rings. The molecule has 0 aliphatic heterocycles. The van der Waals surface area contributed by atoms with Gasteiger partial charge in [0.15, 0.2) is 0 Å². The third-order valence-electron chi connectivity index (χ3n) is 3.71. The number of rotatable bonds is 4. The molecule has 0 unspecified atom stereocenters. The predicted octanol–water partition coefficient (Wildman–Crippen LogP) is 3.79. The van der Waals surface area contributed by atoms with E-state index >= 15 is 0 Å². The van der Waals surface area contributed by atoms with Crippen LogP contribution in [0.1, 0.15) is 29.8 Å². The normalized spacial score (nSPS) is 12.5. The minimum atomic E-state index is 0.305. The molecule has 21 heavy (non-hydrogen) atoms. The van der Waals surface area contributed by atoms with E-state index in [1.165, 1.54) is 16.5 Å². The summed E-state index contributed by atoms with van der Waals surface area (Å²) in [5.74, 6) is 0. The largest absolute Gasteiger partial charge is 0.306 e. The van der Waals surface area contributed by atoms with Gasteiger partial charge in [0, 0.05) is 36.1 Å². The number of nitrogens with one attached hydrogen (secondary N) is 1. The van der Waals surface area contributed by atoms with Crippen LogP contribution < -0.4 is 5.32 Å². The molecule has 1 N–H and O–H groups in total. The Morgan fingerprint density at radius 2 is 1.86 bits per heavy atom. The lowest BCUT2D eigenvalue weighted by Crippen LogP contribution is -2.18. The highest BCUT2D eigenvalue weighted by Gasteiger charge is 2.05. The molecule has 0 saturated carbocycles. The zero-order chi connectivity index (χ0) is 14.7. The Kier molecular flexibility index (Phi) is 3.93. The van der Waals surface area contributed by atoms with Crippen LogP contribution in [-0.4, -0.2) is 9.97 Å². The fourth-order valence-electron chi connectivity index (χ4n) is 2.43. The van der Waals surface area contributed by atoms with Gasteiger partial charge < -0.3 is 5.32 Å². The minimum absolute atomic E-state index is 0.305. The van der Waals surface area contributed by atoms with Crippen molar-refractivity contribution in [2.45, 2.75) is 26.4 Å². The van der Waals surface area contributed by atoms with Gasteiger partial charge in [0.05, 0.1) is 5.52 Å². The fourth-order valence-corrected chi connectivity index (χ4v) is 2.43. The summed E-state index contributed by atoms with van der Waals surface area (Å²) < 4.78 is 0. The summed E-state index contributed by atoms with van der Waals surface area (Å²) in [6.45, 7) is 5.03. The van der Waals surface area contributed by atoms with E-state index in [1.807, 2.05) is 31.5 Å². The van der Waals surface area contributed by atoms with E-state index in [9.17, 15) is 0 Å². The second kappa shape index (κ2) is 6.02. The molecule has 0 spiro atoms. The second-order valence-corrected chi connectivity index (χ2v) is 5.36. The highest BCUT2D eigenvalue weighted by Crippen LogP contribution is 2.16. The van der Waals surface area contributed by atoms with Crippen molar-refractivity contribution >= 4 is 10.9 Å². The lowest BCUT2D eigenvalue weighted by atomic mass is 10.1. The van der Waals surface area contributed by atoms with E-state index in [-0.39, 0.29) is 0 Å². The average molecular weight is 277 g/mol. The summed E-state index contributed by atoms with van der Waals surface area (Å²) in [4.78, 5) is 8.58. The molecule has 2 aromatic heterocycles. The smallest absolute Gasteiger partial charge is 0.0705 e. The van der Waals surface area contributed by atoms with Crippen molar-refractivity contribution in [1.29, 1.82) is 0 Å². The Morgan fingerprint density at radius 1 is 1.05 bits per heavy atom. The molecule has 106 valence electrons. The van der Waals surface area contributed by atoms with Crippen molar-refractivity contribution in [3.8, 4) is 0 Å². The summed E-state index contributed by atoms with van der Waals surface area (Å²) in [5.41, 5.74) is 4.64. The van der Waals surface area contributed by atoms with Crippen LogP contribution in [-0.2, 0) is 6.54 Å². The molecule has 0 aliphatic rings. The van der Waals surface area contributed by atoms with Crippen LogP contribution in [0, 0.1) is 6.92 Å². The summed E-state index contributed by atoms with van der Waals surface area (Å²) in [6, 6.07) is 15.0. The first-order valence-corrected chi connectivity index (χ1v) is 7.22. The Balaban J connectivity index is 1.72. The average Bonchev–Trinajstić information content (AvgIpc) is 2.53. The van der Waals surface area contributed by atoms with Gasteiger partial charge in [-0.25, -0.2) is 0 Å². The summed E-state index contributed by atoms with van der Waals surface area (Å²) in [7, 11) is 0. The predicted molar refractivity (Wildman–Crippen MR) is 86.0 cm³/mol. The Hall–Kier alpha value is -2.26. The number of aryl methyl sites for hydroxylation is 1. The Bertz CT molecular complexity index is 738. The summed E-state index contributed by atoms with van der Waals surface area (Å²) in [5, 5.41) is 4.73. The van der Waals surface area contributed by atoms with Gasteiger partial charge in [0.2, 0.25) is 0 Å². The standard InChI is InChI=1S/C18H19N3/c1-13-3-5-17-11-15(4-6-18(17)21-13)12-20-14(2)16-7-9-19-10-8-16/h3-11,14,20H,12H2,1-2H3/t14-/m1/s1. The van der Waals surface area contributed by atoms with E-state index in [2.05, 4.69) is 52.5 Å². The van der Waals surface area contributed by atoms with Crippen LogP contribution in [0.15, 0.2) is 54.9 Å². The molecule has 0 amide bonds. The Labute approximate surface area is 125 Å². The molecule has 0 radical (unpaired) electrons. The molecule has 0 saturated heterocycles.